The summed E-state index contributed by atoms with van der Waals surface area (Å²) in [4.78, 5) is 0. The van der Waals surface area contributed by atoms with E-state index in [1.165, 1.54) is 13.2 Å². The molecule has 20 heavy (non-hydrogen) atoms. The Hall–Kier alpha value is -1.17. The van der Waals surface area contributed by atoms with Crippen molar-refractivity contribution >= 4 is 0 Å². The van der Waals surface area contributed by atoms with Gasteiger partial charge in [-0.05, 0) is 37.8 Å². The fourth-order valence-electron chi connectivity index (χ4n) is 3.43. The number of nitrogens with one attached hydrogen (secondary N) is 1. The molecule has 110 valence electrons. The van der Waals surface area contributed by atoms with Crippen LogP contribution in [-0.2, 0) is 10.3 Å². The van der Waals surface area contributed by atoms with Gasteiger partial charge < -0.3 is 19.9 Å². The third-order valence-electron chi connectivity index (χ3n) is 4.29. The van der Waals surface area contributed by atoms with Crippen LogP contribution in [0.1, 0.15) is 31.2 Å². The standard InChI is InChI=1S/C15H20FNO3/c1-19-9-20-12-4-5-13(14(16)6-12)15(18)7-10-2-3-11(8-15)17-10/h4-6,10-11,17-18H,2-3,7-9H2,1H3. The van der Waals surface area contributed by atoms with Gasteiger partial charge in [0, 0.05) is 30.8 Å². The van der Waals surface area contributed by atoms with Crippen molar-refractivity contribution in [3.8, 4) is 5.75 Å². The molecule has 5 heteroatoms. The van der Waals surface area contributed by atoms with Crippen LogP contribution in [-0.4, -0.2) is 31.1 Å². The van der Waals surface area contributed by atoms with E-state index < -0.39 is 11.4 Å². The molecule has 2 N–H and O–H groups in total. The zero-order chi connectivity index (χ0) is 14.2. The Labute approximate surface area is 117 Å². The van der Waals surface area contributed by atoms with E-state index in [4.69, 9.17) is 9.47 Å². The second-order valence-corrected chi connectivity index (χ2v) is 5.77. The zero-order valence-corrected chi connectivity index (χ0v) is 11.6. The number of hydrogen-bond donors (Lipinski definition) is 2. The number of rotatable bonds is 4. The van der Waals surface area contributed by atoms with E-state index in [2.05, 4.69) is 5.32 Å². The molecule has 2 saturated heterocycles. The highest BCUT2D eigenvalue weighted by Gasteiger charge is 2.44. The lowest BCUT2D eigenvalue weighted by Gasteiger charge is -2.37. The van der Waals surface area contributed by atoms with Gasteiger partial charge in [-0.3, -0.25) is 0 Å². The van der Waals surface area contributed by atoms with Crippen LogP contribution in [0, 0.1) is 5.82 Å². The summed E-state index contributed by atoms with van der Waals surface area (Å²) >= 11 is 0. The van der Waals surface area contributed by atoms with Crippen molar-refractivity contribution in [1.82, 2.24) is 5.32 Å². The first-order valence-electron chi connectivity index (χ1n) is 7.01. The van der Waals surface area contributed by atoms with E-state index in [9.17, 15) is 9.50 Å². The molecular weight excluding hydrogens is 261 g/mol. The summed E-state index contributed by atoms with van der Waals surface area (Å²) in [6.45, 7) is 0.0805. The summed E-state index contributed by atoms with van der Waals surface area (Å²) in [6.07, 6.45) is 3.25. The number of halogens is 1. The first-order chi connectivity index (χ1) is 9.60. The van der Waals surface area contributed by atoms with Crippen LogP contribution in [0.2, 0.25) is 0 Å². The molecule has 1 aromatic carbocycles. The molecule has 2 bridgehead atoms. The molecule has 2 aliphatic rings. The van der Waals surface area contributed by atoms with Crippen molar-refractivity contribution in [2.45, 2.75) is 43.4 Å². The van der Waals surface area contributed by atoms with E-state index in [0.717, 1.165) is 12.8 Å². The lowest BCUT2D eigenvalue weighted by molar-refractivity contribution is -0.0145. The molecule has 2 heterocycles. The summed E-state index contributed by atoms with van der Waals surface area (Å²) in [5.74, 6) is -0.00369. The van der Waals surface area contributed by atoms with E-state index in [-0.39, 0.29) is 6.79 Å². The number of benzene rings is 1. The van der Waals surface area contributed by atoms with Gasteiger partial charge in [0.1, 0.15) is 11.6 Å². The lowest BCUT2D eigenvalue weighted by Crippen LogP contribution is -2.47. The molecule has 0 saturated carbocycles. The molecule has 0 spiro atoms. The molecule has 2 atom stereocenters. The molecule has 1 aromatic rings. The normalized spacial score (nSPS) is 32.4. The predicted molar refractivity (Wildman–Crippen MR) is 72.0 cm³/mol. The van der Waals surface area contributed by atoms with Crippen LogP contribution in [0.15, 0.2) is 18.2 Å². The highest BCUT2D eigenvalue weighted by Crippen LogP contribution is 2.42. The van der Waals surface area contributed by atoms with Crippen molar-refractivity contribution in [2.24, 2.45) is 0 Å². The van der Waals surface area contributed by atoms with E-state index in [1.54, 1.807) is 12.1 Å². The Morgan fingerprint density at radius 2 is 2.05 bits per heavy atom. The Morgan fingerprint density at radius 3 is 2.65 bits per heavy atom. The van der Waals surface area contributed by atoms with Crippen LogP contribution in [0.5, 0.6) is 5.75 Å². The van der Waals surface area contributed by atoms with Crippen molar-refractivity contribution < 1.29 is 19.0 Å². The van der Waals surface area contributed by atoms with Gasteiger partial charge in [-0.2, -0.15) is 0 Å². The molecule has 2 aliphatic heterocycles. The van der Waals surface area contributed by atoms with Gasteiger partial charge in [-0.25, -0.2) is 4.39 Å². The number of ether oxygens (including phenoxy) is 2. The number of methoxy groups -OCH3 is 1. The smallest absolute Gasteiger partial charge is 0.188 e. The summed E-state index contributed by atoms with van der Waals surface area (Å²) in [6, 6.07) is 5.21. The average Bonchev–Trinajstić information content (AvgIpc) is 2.76. The number of piperidine rings is 1. The monoisotopic (exact) mass is 281 g/mol. The molecular formula is C15H20FNO3. The van der Waals surface area contributed by atoms with Crippen molar-refractivity contribution in [1.29, 1.82) is 0 Å². The van der Waals surface area contributed by atoms with Gasteiger partial charge in [-0.1, -0.05) is 0 Å². The lowest BCUT2D eigenvalue weighted by atomic mass is 9.81. The van der Waals surface area contributed by atoms with Crippen molar-refractivity contribution in [3.63, 3.8) is 0 Å². The third-order valence-corrected chi connectivity index (χ3v) is 4.29. The summed E-state index contributed by atoms with van der Waals surface area (Å²) in [5.41, 5.74) is -0.693. The molecule has 2 unspecified atom stereocenters. The van der Waals surface area contributed by atoms with Crippen LogP contribution < -0.4 is 10.1 Å². The van der Waals surface area contributed by atoms with Crippen molar-refractivity contribution in [3.05, 3.63) is 29.6 Å². The summed E-state index contributed by atoms with van der Waals surface area (Å²) in [7, 11) is 1.51. The minimum Gasteiger partial charge on any atom is -0.467 e. The zero-order valence-electron chi connectivity index (χ0n) is 11.6. The van der Waals surface area contributed by atoms with Gasteiger partial charge in [0.25, 0.3) is 0 Å². The topological polar surface area (TPSA) is 50.7 Å². The molecule has 0 amide bonds. The number of hydrogen-bond acceptors (Lipinski definition) is 4. The molecule has 2 fully saturated rings. The van der Waals surface area contributed by atoms with E-state index in [0.29, 0.717) is 36.2 Å². The summed E-state index contributed by atoms with van der Waals surface area (Å²) < 4.78 is 24.3. The largest absolute Gasteiger partial charge is 0.467 e. The van der Waals surface area contributed by atoms with E-state index >= 15 is 0 Å². The molecule has 4 nitrogen and oxygen atoms in total. The van der Waals surface area contributed by atoms with Crippen LogP contribution >= 0.6 is 0 Å². The van der Waals surface area contributed by atoms with Gasteiger partial charge in [-0.15, -0.1) is 0 Å². The second-order valence-electron chi connectivity index (χ2n) is 5.77. The van der Waals surface area contributed by atoms with Crippen LogP contribution in [0.25, 0.3) is 0 Å². The molecule has 0 radical (unpaired) electrons. The maximum atomic E-state index is 14.3. The Balaban J connectivity index is 1.82. The maximum absolute atomic E-state index is 14.3. The molecule has 0 aliphatic carbocycles. The second kappa shape index (κ2) is 5.31. The van der Waals surface area contributed by atoms with Gasteiger partial charge in [0.05, 0.1) is 5.60 Å². The SMILES string of the molecule is COCOc1ccc(C2(O)CC3CCC(C2)N3)c(F)c1. The summed E-state index contributed by atoms with van der Waals surface area (Å²) in [5, 5.41) is 14.3. The highest BCUT2D eigenvalue weighted by atomic mass is 19.1. The molecule has 3 rings (SSSR count). The van der Waals surface area contributed by atoms with Gasteiger partial charge in [0.15, 0.2) is 6.79 Å². The maximum Gasteiger partial charge on any atom is 0.188 e. The van der Waals surface area contributed by atoms with Crippen LogP contribution in [0.4, 0.5) is 4.39 Å². The highest BCUT2D eigenvalue weighted by molar-refractivity contribution is 5.33. The minimum absolute atomic E-state index is 0.0805. The third kappa shape index (κ3) is 2.53. The fourth-order valence-corrected chi connectivity index (χ4v) is 3.43. The Kier molecular flexibility index (Phi) is 3.67. The van der Waals surface area contributed by atoms with Gasteiger partial charge >= 0.3 is 0 Å². The predicted octanol–water partition coefficient (Wildman–Crippen LogP) is 1.91. The van der Waals surface area contributed by atoms with Crippen LogP contribution in [0.3, 0.4) is 0 Å². The quantitative estimate of drug-likeness (QED) is 0.828. The first kappa shape index (κ1) is 13.8. The average molecular weight is 281 g/mol. The first-order valence-corrected chi connectivity index (χ1v) is 7.01. The Bertz CT molecular complexity index is 482. The van der Waals surface area contributed by atoms with Gasteiger partial charge in [0.2, 0.25) is 0 Å². The fraction of sp³-hybridized carbons (Fsp3) is 0.600. The number of aliphatic hydroxyl groups is 1. The minimum atomic E-state index is -1.07. The van der Waals surface area contributed by atoms with Crippen molar-refractivity contribution in [2.75, 3.05) is 13.9 Å². The Morgan fingerprint density at radius 1 is 1.35 bits per heavy atom. The number of fused-ring (bicyclic) bond motifs is 2. The van der Waals surface area contributed by atoms with E-state index in [1.807, 2.05) is 0 Å². The molecule has 0 aromatic heterocycles.